The number of nitrogens with one attached hydrogen (secondary N) is 1. The van der Waals surface area contributed by atoms with Crippen LogP contribution in [0.15, 0.2) is 6.33 Å². The van der Waals surface area contributed by atoms with Crippen LogP contribution in [0.4, 0.5) is 0 Å². The summed E-state index contributed by atoms with van der Waals surface area (Å²) in [5, 5.41) is 6.78. The third kappa shape index (κ3) is 3.10. The molecule has 0 aliphatic carbocycles. The molecular weight excluding hydrogens is 248 g/mol. The van der Waals surface area contributed by atoms with Gasteiger partial charge in [-0.2, -0.15) is 5.10 Å². The van der Waals surface area contributed by atoms with Gasteiger partial charge in [0, 0.05) is 7.05 Å². The van der Waals surface area contributed by atoms with E-state index in [0.29, 0.717) is 12.4 Å². The van der Waals surface area contributed by atoms with E-state index in [4.69, 9.17) is 0 Å². The third-order valence-electron chi connectivity index (χ3n) is 1.71. The summed E-state index contributed by atoms with van der Waals surface area (Å²) in [5.41, 5.74) is 0. The molecule has 1 heterocycles. The number of carbonyl (C=O) groups is 1. The molecule has 0 aromatic carbocycles. The fraction of sp³-hybridized carbons (Fsp3) is 0.625. The summed E-state index contributed by atoms with van der Waals surface area (Å²) < 4.78 is 1.60. The lowest BCUT2D eigenvalue weighted by molar-refractivity contribution is -0.120. The number of halogens is 1. The number of aryl methyl sites for hydroxylation is 1. The topological polar surface area (TPSA) is 59.8 Å². The molecule has 1 amide bonds. The van der Waals surface area contributed by atoms with Gasteiger partial charge in [0.25, 0.3) is 0 Å². The minimum absolute atomic E-state index is 0.0278. The molecule has 78 valence electrons. The van der Waals surface area contributed by atoms with Crippen LogP contribution in [0.5, 0.6) is 0 Å². The summed E-state index contributed by atoms with van der Waals surface area (Å²) in [6, 6.07) is 0. The van der Waals surface area contributed by atoms with Gasteiger partial charge in [-0.05, 0) is 6.42 Å². The van der Waals surface area contributed by atoms with E-state index in [1.807, 2.05) is 6.92 Å². The van der Waals surface area contributed by atoms with E-state index in [9.17, 15) is 4.79 Å². The van der Waals surface area contributed by atoms with E-state index in [-0.39, 0.29) is 10.7 Å². The van der Waals surface area contributed by atoms with Crippen LogP contribution in [0.2, 0.25) is 0 Å². The highest BCUT2D eigenvalue weighted by molar-refractivity contribution is 9.10. The highest BCUT2D eigenvalue weighted by atomic mass is 79.9. The van der Waals surface area contributed by atoms with Crippen LogP contribution >= 0.6 is 15.9 Å². The summed E-state index contributed by atoms with van der Waals surface area (Å²) in [5.74, 6) is 0.594. The molecule has 0 bridgehead atoms. The summed E-state index contributed by atoms with van der Waals surface area (Å²) in [6.07, 6.45) is 2.37. The van der Waals surface area contributed by atoms with Crippen molar-refractivity contribution in [1.29, 1.82) is 0 Å². The molecule has 1 N–H and O–H groups in total. The summed E-state index contributed by atoms with van der Waals surface area (Å²) >= 11 is 3.26. The van der Waals surface area contributed by atoms with Gasteiger partial charge in [-0.1, -0.05) is 22.9 Å². The van der Waals surface area contributed by atoms with Crippen molar-refractivity contribution in [3.05, 3.63) is 12.2 Å². The van der Waals surface area contributed by atoms with Gasteiger partial charge in [0.2, 0.25) is 5.91 Å². The quantitative estimate of drug-likeness (QED) is 0.807. The first-order chi connectivity index (χ1) is 6.63. The van der Waals surface area contributed by atoms with Gasteiger partial charge in [0.1, 0.15) is 6.33 Å². The van der Waals surface area contributed by atoms with Gasteiger partial charge >= 0.3 is 0 Å². The highest BCUT2D eigenvalue weighted by Gasteiger charge is 2.11. The van der Waals surface area contributed by atoms with Crippen LogP contribution in [-0.4, -0.2) is 25.5 Å². The van der Waals surface area contributed by atoms with Crippen molar-refractivity contribution in [3.8, 4) is 0 Å². The van der Waals surface area contributed by atoms with Crippen molar-refractivity contribution < 1.29 is 4.79 Å². The van der Waals surface area contributed by atoms with Gasteiger partial charge in [0.15, 0.2) is 5.82 Å². The Kier molecular flexibility index (Phi) is 4.06. The molecule has 6 heteroatoms. The molecule has 1 aromatic rings. The Hall–Kier alpha value is -0.910. The van der Waals surface area contributed by atoms with Crippen LogP contribution in [0.25, 0.3) is 0 Å². The van der Waals surface area contributed by atoms with Crippen molar-refractivity contribution >= 4 is 21.8 Å². The van der Waals surface area contributed by atoms with Crippen molar-refractivity contribution in [1.82, 2.24) is 20.1 Å². The summed E-state index contributed by atoms with van der Waals surface area (Å²) in [4.78, 5) is 15.2. The zero-order valence-electron chi connectivity index (χ0n) is 8.20. The zero-order valence-corrected chi connectivity index (χ0v) is 9.78. The van der Waals surface area contributed by atoms with Gasteiger partial charge in [-0.3, -0.25) is 9.48 Å². The second-order valence-electron chi connectivity index (χ2n) is 2.93. The Balaban J connectivity index is 2.37. The molecule has 0 aliphatic rings. The normalized spacial score (nSPS) is 12.5. The van der Waals surface area contributed by atoms with Gasteiger partial charge in [0.05, 0.1) is 11.4 Å². The van der Waals surface area contributed by atoms with E-state index < -0.39 is 0 Å². The monoisotopic (exact) mass is 260 g/mol. The number of aromatic nitrogens is 3. The largest absolute Gasteiger partial charge is 0.348 e. The number of alkyl halides is 1. The number of carbonyl (C=O) groups excluding carboxylic acids is 1. The minimum atomic E-state index is -0.133. The molecule has 0 radical (unpaired) electrons. The maximum absolute atomic E-state index is 11.3. The van der Waals surface area contributed by atoms with E-state index in [1.165, 1.54) is 0 Å². The maximum Gasteiger partial charge on any atom is 0.234 e. The van der Waals surface area contributed by atoms with E-state index >= 15 is 0 Å². The molecule has 1 unspecified atom stereocenters. The molecular formula is C8H13BrN4O. The second kappa shape index (κ2) is 5.09. The van der Waals surface area contributed by atoms with E-state index in [0.717, 1.165) is 6.42 Å². The number of hydrogen-bond donors (Lipinski definition) is 1. The van der Waals surface area contributed by atoms with Crippen LogP contribution in [0, 0.1) is 0 Å². The van der Waals surface area contributed by atoms with Gasteiger partial charge in [-0.15, -0.1) is 0 Å². The molecule has 0 fully saturated rings. The molecule has 0 saturated heterocycles. The molecule has 0 spiro atoms. The highest BCUT2D eigenvalue weighted by Crippen LogP contribution is 2.03. The lowest BCUT2D eigenvalue weighted by atomic mass is 10.3. The van der Waals surface area contributed by atoms with Crippen molar-refractivity contribution in [3.63, 3.8) is 0 Å². The molecule has 1 atom stereocenters. The second-order valence-corrected chi connectivity index (χ2v) is 4.03. The average Bonchev–Trinajstić information content (AvgIpc) is 2.59. The van der Waals surface area contributed by atoms with Crippen LogP contribution in [0.3, 0.4) is 0 Å². The molecule has 5 nitrogen and oxygen atoms in total. The number of amides is 1. The van der Waals surface area contributed by atoms with Crippen LogP contribution in [-0.2, 0) is 18.4 Å². The van der Waals surface area contributed by atoms with Gasteiger partial charge in [-0.25, -0.2) is 4.98 Å². The van der Waals surface area contributed by atoms with Crippen molar-refractivity contribution in [2.24, 2.45) is 7.05 Å². The molecule has 0 aliphatic heterocycles. The summed E-state index contributed by atoms with van der Waals surface area (Å²) in [6.45, 7) is 2.32. The fourth-order valence-electron chi connectivity index (χ4n) is 0.927. The average molecular weight is 261 g/mol. The Morgan fingerprint density at radius 2 is 2.50 bits per heavy atom. The smallest absolute Gasteiger partial charge is 0.234 e. The number of nitrogens with zero attached hydrogens (tertiary/aromatic N) is 3. The molecule has 1 rings (SSSR count). The predicted molar refractivity (Wildman–Crippen MR) is 55.9 cm³/mol. The maximum atomic E-state index is 11.3. The zero-order chi connectivity index (χ0) is 10.6. The van der Waals surface area contributed by atoms with Gasteiger partial charge < -0.3 is 5.32 Å². The molecule has 0 saturated carbocycles. The Labute approximate surface area is 91.0 Å². The van der Waals surface area contributed by atoms with E-state index in [1.54, 1.807) is 18.1 Å². The number of hydrogen-bond acceptors (Lipinski definition) is 3. The summed E-state index contributed by atoms with van der Waals surface area (Å²) in [7, 11) is 1.79. The standard InChI is InChI=1S/C8H13BrN4O/c1-3-6(9)8(14)10-4-7-11-5-13(2)12-7/h5-6H,3-4H2,1-2H3,(H,10,14). The fourth-order valence-corrected chi connectivity index (χ4v) is 1.09. The van der Waals surface area contributed by atoms with Crippen LogP contribution < -0.4 is 5.32 Å². The first-order valence-electron chi connectivity index (χ1n) is 4.39. The molecule has 1 aromatic heterocycles. The first kappa shape index (κ1) is 11.2. The molecule has 14 heavy (non-hydrogen) atoms. The van der Waals surface area contributed by atoms with Crippen LogP contribution in [0.1, 0.15) is 19.2 Å². The lowest BCUT2D eigenvalue weighted by Gasteiger charge is -2.06. The Morgan fingerprint density at radius 1 is 1.79 bits per heavy atom. The Bertz CT molecular complexity index is 312. The minimum Gasteiger partial charge on any atom is -0.348 e. The Morgan fingerprint density at radius 3 is 3.00 bits per heavy atom. The lowest BCUT2D eigenvalue weighted by Crippen LogP contribution is -2.30. The third-order valence-corrected chi connectivity index (χ3v) is 2.77. The number of rotatable bonds is 4. The predicted octanol–water partition coefficient (Wildman–Crippen LogP) is 0.605. The first-order valence-corrected chi connectivity index (χ1v) is 5.31. The SMILES string of the molecule is CCC(Br)C(=O)NCc1ncn(C)n1. The van der Waals surface area contributed by atoms with Crippen molar-refractivity contribution in [2.45, 2.75) is 24.7 Å². The van der Waals surface area contributed by atoms with E-state index in [2.05, 4.69) is 31.3 Å². The van der Waals surface area contributed by atoms with Crippen molar-refractivity contribution in [2.75, 3.05) is 0 Å².